The maximum Gasteiger partial charge on any atom is 0.0270 e. The van der Waals surface area contributed by atoms with Crippen molar-refractivity contribution in [3.63, 3.8) is 0 Å². The molecule has 1 aliphatic carbocycles. The average molecular weight is 297 g/mol. The summed E-state index contributed by atoms with van der Waals surface area (Å²) in [4.78, 5) is 4.17. The van der Waals surface area contributed by atoms with Crippen LogP contribution in [0.2, 0.25) is 0 Å². The zero-order valence-electron chi connectivity index (χ0n) is 13.0. The summed E-state index contributed by atoms with van der Waals surface area (Å²) >= 11 is 0. The summed E-state index contributed by atoms with van der Waals surface area (Å²) in [6.07, 6.45) is 7.33. The largest absolute Gasteiger partial charge is 0.265 e. The smallest absolute Gasteiger partial charge is 0.0270 e. The number of pyridine rings is 1. The van der Waals surface area contributed by atoms with Crippen LogP contribution in [0, 0.1) is 0 Å². The van der Waals surface area contributed by atoms with E-state index in [9.17, 15) is 0 Å². The van der Waals surface area contributed by atoms with Gasteiger partial charge in [-0.3, -0.25) is 4.98 Å². The Morgan fingerprint density at radius 2 is 1.35 bits per heavy atom. The molecule has 0 radical (unpaired) electrons. The summed E-state index contributed by atoms with van der Waals surface area (Å²) in [6, 6.07) is 25.9. The van der Waals surface area contributed by atoms with Gasteiger partial charge in [0.05, 0.1) is 0 Å². The Morgan fingerprint density at radius 1 is 0.696 bits per heavy atom. The van der Waals surface area contributed by atoms with Crippen LogP contribution in [0.25, 0.3) is 5.57 Å². The summed E-state index contributed by atoms with van der Waals surface area (Å²) in [7, 11) is 0. The summed E-state index contributed by atoms with van der Waals surface area (Å²) in [5.41, 5.74) is 5.54. The zero-order valence-corrected chi connectivity index (χ0v) is 13.0. The van der Waals surface area contributed by atoms with Crippen LogP contribution in [0.3, 0.4) is 0 Å². The molecular formula is C22H19N. The Bertz CT molecular complexity index is 791. The molecular weight excluding hydrogens is 278 g/mol. The van der Waals surface area contributed by atoms with Crippen LogP contribution >= 0.6 is 0 Å². The van der Waals surface area contributed by atoms with Crippen molar-refractivity contribution in [2.75, 3.05) is 0 Å². The van der Waals surface area contributed by atoms with Crippen LogP contribution in [0.5, 0.6) is 0 Å². The Balaban J connectivity index is 1.75. The van der Waals surface area contributed by atoms with Gasteiger partial charge >= 0.3 is 0 Å². The number of hydrogen-bond acceptors (Lipinski definition) is 1. The minimum Gasteiger partial charge on any atom is -0.265 e. The molecule has 2 atom stereocenters. The van der Waals surface area contributed by atoms with Crippen LogP contribution in [-0.2, 0) is 0 Å². The second-order valence-corrected chi connectivity index (χ2v) is 6.09. The molecule has 0 saturated heterocycles. The highest BCUT2D eigenvalue weighted by Gasteiger charge is 2.30. The number of rotatable bonds is 3. The molecule has 0 fully saturated rings. The van der Waals surface area contributed by atoms with Crippen LogP contribution in [0.15, 0.2) is 91.3 Å². The number of nitrogens with zero attached hydrogens (tertiary/aromatic N) is 1. The van der Waals surface area contributed by atoms with E-state index in [1.807, 2.05) is 12.4 Å². The average Bonchev–Trinajstić information content (AvgIpc) is 3.09. The standard InChI is InChI=1S/C22H19N/c1-3-7-17(8-4-1)20-15-21(18-9-5-2-6-10-18)22(16-20)19-11-13-23-14-12-19/h1-15,21-22H,16H2/t21-,22+/m1/s1. The van der Waals surface area contributed by atoms with Crippen molar-refractivity contribution in [1.82, 2.24) is 4.98 Å². The van der Waals surface area contributed by atoms with Crippen molar-refractivity contribution >= 4 is 5.57 Å². The predicted octanol–water partition coefficient (Wildman–Crippen LogP) is 5.44. The van der Waals surface area contributed by atoms with Gasteiger partial charge in [-0.05, 0) is 46.7 Å². The number of hydrogen-bond donors (Lipinski definition) is 0. The van der Waals surface area contributed by atoms with Gasteiger partial charge in [0, 0.05) is 18.3 Å². The molecule has 0 N–H and O–H groups in total. The third-order valence-electron chi connectivity index (χ3n) is 4.72. The van der Waals surface area contributed by atoms with Crippen molar-refractivity contribution in [2.45, 2.75) is 18.3 Å². The maximum atomic E-state index is 4.17. The first-order chi connectivity index (χ1) is 11.4. The van der Waals surface area contributed by atoms with Gasteiger partial charge in [-0.15, -0.1) is 0 Å². The Hall–Kier alpha value is -2.67. The van der Waals surface area contributed by atoms with Crippen LogP contribution < -0.4 is 0 Å². The highest BCUT2D eigenvalue weighted by molar-refractivity contribution is 5.71. The Labute approximate surface area is 137 Å². The van der Waals surface area contributed by atoms with Crippen LogP contribution in [-0.4, -0.2) is 4.98 Å². The quantitative estimate of drug-likeness (QED) is 0.627. The van der Waals surface area contributed by atoms with E-state index in [0.717, 1.165) is 6.42 Å². The molecule has 4 rings (SSSR count). The van der Waals surface area contributed by atoms with Gasteiger partial charge in [-0.25, -0.2) is 0 Å². The third kappa shape index (κ3) is 2.83. The monoisotopic (exact) mass is 297 g/mol. The van der Waals surface area contributed by atoms with Crippen molar-refractivity contribution in [2.24, 2.45) is 0 Å². The topological polar surface area (TPSA) is 12.9 Å². The molecule has 0 aliphatic heterocycles. The van der Waals surface area contributed by atoms with E-state index in [4.69, 9.17) is 0 Å². The summed E-state index contributed by atoms with van der Waals surface area (Å²) < 4.78 is 0. The molecule has 0 amide bonds. The second-order valence-electron chi connectivity index (χ2n) is 6.09. The van der Waals surface area contributed by atoms with E-state index in [1.165, 1.54) is 22.3 Å². The minimum absolute atomic E-state index is 0.425. The van der Waals surface area contributed by atoms with Crippen LogP contribution in [0.4, 0.5) is 0 Å². The van der Waals surface area contributed by atoms with Gasteiger partial charge in [0.15, 0.2) is 0 Å². The van der Waals surface area contributed by atoms with Gasteiger partial charge in [0.2, 0.25) is 0 Å². The van der Waals surface area contributed by atoms with Crippen molar-refractivity contribution in [3.05, 3.63) is 108 Å². The fourth-order valence-electron chi connectivity index (χ4n) is 3.57. The van der Waals surface area contributed by atoms with E-state index in [0.29, 0.717) is 11.8 Å². The highest BCUT2D eigenvalue weighted by atomic mass is 14.6. The first kappa shape index (κ1) is 14.0. The Kier molecular flexibility index (Phi) is 3.77. The summed E-state index contributed by atoms with van der Waals surface area (Å²) in [5, 5.41) is 0. The molecule has 0 unspecified atom stereocenters. The van der Waals surface area contributed by atoms with Crippen molar-refractivity contribution in [3.8, 4) is 0 Å². The van der Waals surface area contributed by atoms with Gasteiger partial charge in [0.1, 0.15) is 0 Å². The summed E-state index contributed by atoms with van der Waals surface area (Å²) in [6.45, 7) is 0. The van der Waals surface area contributed by atoms with Crippen molar-refractivity contribution in [1.29, 1.82) is 0 Å². The molecule has 23 heavy (non-hydrogen) atoms. The van der Waals surface area contributed by atoms with Gasteiger partial charge in [0.25, 0.3) is 0 Å². The second kappa shape index (κ2) is 6.21. The molecule has 112 valence electrons. The van der Waals surface area contributed by atoms with E-state index >= 15 is 0 Å². The first-order valence-electron chi connectivity index (χ1n) is 8.13. The number of aromatic nitrogens is 1. The molecule has 2 aromatic carbocycles. The lowest BCUT2D eigenvalue weighted by atomic mass is 9.84. The lowest BCUT2D eigenvalue weighted by molar-refractivity contribution is 0.667. The number of benzene rings is 2. The van der Waals surface area contributed by atoms with E-state index in [-0.39, 0.29) is 0 Å². The minimum atomic E-state index is 0.425. The normalized spacial score (nSPS) is 20.3. The molecule has 0 spiro atoms. The molecule has 1 heteroatoms. The molecule has 0 bridgehead atoms. The predicted molar refractivity (Wildman–Crippen MR) is 95.2 cm³/mol. The first-order valence-corrected chi connectivity index (χ1v) is 8.13. The Morgan fingerprint density at radius 3 is 2.04 bits per heavy atom. The van der Waals surface area contributed by atoms with Gasteiger partial charge < -0.3 is 0 Å². The van der Waals surface area contributed by atoms with E-state index in [2.05, 4.69) is 83.9 Å². The zero-order chi connectivity index (χ0) is 15.5. The molecule has 0 saturated carbocycles. The van der Waals surface area contributed by atoms with Crippen LogP contribution in [0.1, 0.15) is 34.9 Å². The molecule has 1 aromatic heterocycles. The van der Waals surface area contributed by atoms with E-state index < -0.39 is 0 Å². The highest BCUT2D eigenvalue weighted by Crippen LogP contribution is 2.47. The summed E-state index contributed by atoms with van der Waals surface area (Å²) in [5.74, 6) is 0.907. The van der Waals surface area contributed by atoms with E-state index in [1.54, 1.807) is 0 Å². The molecule has 1 heterocycles. The lowest BCUT2D eigenvalue weighted by Crippen LogP contribution is -2.05. The SMILES string of the molecule is C1=C(c2ccccc2)C[C@@H](c2ccncc2)[C@H]1c1ccccc1. The fraction of sp³-hybridized carbons (Fsp3) is 0.136. The molecule has 1 aliphatic rings. The van der Waals surface area contributed by atoms with Gasteiger partial charge in [-0.1, -0.05) is 66.7 Å². The third-order valence-corrected chi connectivity index (χ3v) is 4.72. The van der Waals surface area contributed by atoms with Crippen molar-refractivity contribution < 1.29 is 0 Å². The number of allylic oxidation sites excluding steroid dienone is 2. The maximum absolute atomic E-state index is 4.17. The molecule has 3 aromatic rings. The fourth-order valence-corrected chi connectivity index (χ4v) is 3.57. The van der Waals surface area contributed by atoms with Gasteiger partial charge in [-0.2, -0.15) is 0 Å². The lowest BCUT2D eigenvalue weighted by Gasteiger charge is -2.20. The molecule has 1 nitrogen and oxygen atoms in total.